The van der Waals surface area contributed by atoms with Crippen molar-refractivity contribution in [1.82, 2.24) is 4.31 Å². The molecule has 26 heavy (non-hydrogen) atoms. The second kappa shape index (κ2) is 7.39. The maximum absolute atomic E-state index is 13.0. The van der Waals surface area contributed by atoms with E-state index in [2.05, 4.69) is 6.07 Å². The first-order valence-corrected chi connectivity index (χ1v) is 9.78. The van der Waals surface area contributed by atoms with Crippen LogP contribution >= 0.6 is 0 Å². The molecule has 1 aliphatic rings. The minimum Gasteiger partial charge on any atom is -0.258 e. The van der Waals surface area contributed by atoms with E-state index < -0.39 is 14.9 Å². The van der Waals surface area contributed by atoms with Gasteiger partial charge < -0.3 is 0 Å². The number of nitrogens with zero attached hydrogens (tertiary/aromatic N) is 2. The molecule has 2 aromatic carbocycles. The highest BCUT2D eigenvalue weighted by molar-refractivity contribution is 7.89. The lowest BCUT2D eigenvalue weighted by Gasteiger charge is -2.24. The molecule has 0 bridgehead atoms. The fourth-order valence-corrected chi connectivity index (χ4v) is 4.53. The lowest BCUT2D eigenvalue weighted by atomic mass is 9.95. The highest BCUT2D eigenvalue weighted by Gasteiger charge is 2.28. The van der Waals surface area contributed by atoms with Crippen molar-refractivity contribution < 1.29 is 13.3 Å². The number of hydrogen-bond acceptors (Lipinski definition) is 4. The van der Waals surface area contributed by atoms with Crippen molar-refractivity contribution in [2.24, 2.45) is 0 Å². The standard InChI is InChI=1S/C19H20N2O4S/c1-15-5-4-7-16(13-15)17-6-2-3-12-20(14-17)26(24,25)19-10-8-18(9-11-19)21(22)23/h2-5,7-11,13,17H,6,12,14H2,1H3. The Labute approximate surface area is 153 Å². The van der Waals surface area contributed by atoms with Crippen molar-refractivity contribution in [3.8, 4) is 0 Å². The Kier molecular flexibility index (Phi) is 5.20. The molecule has 7 heteroatoms. The van der Waals surface area contributed by atoms with Gasteiger partial charge in [-0.1, -0.05) is 42.0 Å². The van der Waals surface area contributed by atoms with Gasteiger partial charge in [0.25, 0.3) is 5.69 Å². The summed E-state index contributed by atoms with van der Waals surface area (Å²) in [4.78, 5) is 10.3. The molecule has 0 aliphatic carbocycles. The quantitative estimate of drug-likeness (QED) is 0.466. The molecule has 0 saturated carbocycles. The van der Waals surface area contributed by atoms with E-state index in [1.165, 1.54) is 28.6 Å². The SMILES string of the molecule is Cc1cccc(C2CC=CCN(S(=O)(=O)c3ccc([N+](=O)[O-])cc3)C2)c1. The molecule has 0 N–H and O–H groups in total. The van der Waals surface area contributed by atoms with E-state index in [4.69, 9.17) is 0 Å². The van der Waals surface area contributed by atoms with Crippen LogP contribution in [0.5, 0.6) is 0 Å². The van der Waals surface area contributed by atoms with Gasteiger partial charge in [0, 0.05) is 31.1 Å². The number of sulfonamides is 1. The predicted octanol–water partition coefficient (Wildman–Crippen LogP) is 3.64. The zero-order valence-electron chi connectivity index (χ0n) is 14.4. The molecule has 2 aromatic rings. The van der Waals surface area contributed by atoms with Crippen molar-refractivity contribution >= 4 is 15.7 Å². The van der Waals surface area contributed by atoms with Gasteiger partial charge in [-0.3, -0.25) is 10.1 Å². The van der Waals surface area contributed by atoms with Crippen LogP contribution in [0.25, 0.3) is 0 Å². The molecular weight excluding hydrogens is 352 g/mol. The van der Waals surface area contributed by atoms with E-state index in [9.17, 15) is 18.5 Å². The Hall–Kier alpha value is -2.51. The van der Waals surface area contributed by atoms with Crippen LogP contribution in [-0.4, -0.2) is 30.7 Å². The number of allylic oxidation sites excluding steroid dienone is 1. The van der Waals surface area contributed by atoms with Gasteiger partial charge in [-0.25, -0.2) is 8.42 Å². The van der Waals surface area contributed by atoms with Gasteiger partial charge in [-0.15, -0.1) is 0 Å². The summed E-state index contributed by atoms with van der Waals surface area (Å²) in [5, 5.41) is 10.8. The summed E-state index contributed by atoms with van der Waals surface area (Å²) in [6.07, 6.45) is 4.65. The van der Waals surface area contributed by atoms with Crippen LogP contribution in [0.15, 0.2) is 65.6 Å². The van der Waals surface area contributed by atoms with Crippen molar-refractivity contribution in [2.75, 3.05) is 13.1 Å². The first-order chi connectivity index (χ1) is 12.4. The lowest BCUT2D eigenvalue weighted by Crippen LogP contribution is -2.34. The molecule has 0 saturated heterocycles. The number of nitro benzene ring substituents is 1. The van der Waals surface area contributed by atoms with Crippen molar-refractivity contribution in [3.63, 3.8) is 0 Å². The molecule has 0 spiro atoms. The van der Waals surface area contributed by atoms with E-state index in [1.54, 1.807) is 0 Å². The summed E-state index contributed by atoms with van der Waals surface area (Å²) in [5.41, 5.74) is 2.12. The summed E-state index contributed by atoms with van der Waals surface area (Å²) in [6.45, 7) is 2.68. The van der Waals surface area contributed by atoms with E-state index in [1.807, 2.05) is 37.3 Å². The Morgan fingerprint density at radius 3 is 2.50 bits per heavy atom. The highest BCUT2D eigenvalue weighted by atomic mass is 32.2. The highest BCUT2D eigenvalue weighted by Crippen LogP contribution is 2.28. The van der Waals surface area contributed by atoms with Crippen LogP contribution in [0.3, 0.4) is 0 Å². The maximum Gasteiger partial charge on any atom is 0.269 e. The van der Waals surface area contributed by atoms with Crippen LogP contribution in [0.4, 0.5) is 5.69 Å². The molecular formula is C19H20N2O4S. The summed E-state index contributed by atoms with van der Waals surface area (Å²) in [6, 6.07) is 13.1. The van der Waals surface area contributed by atoms with Crippen molar-refractivity contribution in [1.29, 1.82) is 0 Å². The normalized spacial score (nSPS) is 18.4. The molecule has 0 aromatic heterocycles. The van der Waals surface area contributed by atoms with Crippen LogP contribution < -0.4 is 0 Å². The molecule has 1 aliphatic heterocycles. The zero-order chi connectivity index (χ0) is 18.7. The van der Waals surface area contributed by atoms with Gasteiger partial charge in [-0.05, 0) is 31.0 Å². The van der Waals surface area contributed by atoms with Crippen LogP contribution in [0.2, 0.25) is 0 Å². The molecule has 0 amide bonds. The van der Waals surface area contributed by atoms with E-state index >= 15 is 0 Å². The third-order valence-corrected chi connectivity index (χ3v) is 6.37. The van der Waals surface area contributed by atoms with Gasteiger partial charge in [0.15, 0.2) is 0 Å². The van der Waals surface area contributed by atoms with Gasteiger partial charge >= 0.3 is 0 Å². The molecule has 0 radical (unpaired) electrons. The van der Waals surface area contributed by atoms with Crippen molar-refractivity contribution in [3.05, 3.63) is 81.9 Å². The Bertz CT molecular complexity index is 936. The topological polar surface area (TPSA) is 80.5 Å². The first kappa shape index (κ1) is 18.3. The number of benzene rings is 2. The molecule has 1 unspecified atom stereocenters. The molecule has 1 heterocycles. The first-order valence-electron chi connectivity index (χ1n) is 8.34. The molecule has 3 rings (SSSR count). The van der Waals surface area contributed by atoms with Gasteiger partial charge in [0.1, 0.15) is 0 Å². The monoisotopic (exact) mass is 372 g/mol. The van der Waals surface area contributed by atoms with Crippen molar-refractivity contribution in [2.45, 2.75) is 24.2 Å². The Balaban J connectivity index is 1.88. The van der Waals surface area contributed by atoms with E-state index in [0.29, 0.717) is 13.1 Å². The Morgan fingerprint density at radius 2 is 1.85 bits per heavy atom. The van der Waals surface area contributed by atoms with Crippen LogP contribution in [0, 0.1) is 17.0 Å². The van der Waals surface area contributed by atoms with Gasteiger partial charge in [-0.2, -0.15) is 4.31 Å². The number of non-ortho nitro benzene ring substituents is 1. The summed E-state index contributed by atoms with van der Waals surface area (Å²) >= 11 is 0. The number of aryl methyl sites for hydroxylation is 1. The Morgan fingerprint density at radius 1 is 1.12 bits per heavy atom. The third kappa shape index (κ3) is 3.84. The van der Waals surface area contributed by atoms with Gasteiger partial charge in [0.2, 0.25) is 10.0 Å². The molecule has 6 nitrogen and oxygen atoms in total. The summed E-state index contributed by atoms with van der Waals surface area (Å²) < 4.78 is 27.4. The minimum absolute atomic E-state index is 0.0707. The fraction of sp³-hybridized carbons (Fsp3) is 0.263. The molecule has 1 atom stereocenters. The van der Waals surface area contributed by atoms with Crippen LogP contribution in [0.1, 0.15) is 23.5 Å². The largest absolute Gasteiger partial charge is 0.269 e. The lowest BCUT2D eigenvalue weighted by molar-refractivity contribution is -0.384. The fourth-order valence-electron chi connectivity index (χ4n) is 3.10. The number of nitro groups is 1. The summed E-state index contributed by atoms with van der Waals surface area (Å²) in [7, 11) is -3.72. The summed E-state index contributed by atoms with van der Waals surface area (Å²) in [5.74, 6) is 0.0708. The smallest absolute Gasteiger partial charge is 0.258 e. The zero-order valence-corrected chi connectivity index (χ0v) is 15.2. The second-order valence-electron chi connectivity index (χ2n) is 6.39. The average Bonchev–Trinajstić information content (AvgIpc) is 2.88. The van der Waals surface area contributed by atoms with Gasteiger partial charge in [0.05, 0.1) is 9.82 Å². The van der Waals surface area contributed by atoms with E-state index in [-0.39, 0.29) is 16.5 Å². The molecule has 0 fully saturated rings. The second-order valence-corrected chi connectivity index (χ2v) is 8.33. The maximum atomic E-state index is 13.0. The minimum atomic E-state index is -3.72. The van der Waals surface area contributed by atoms with E-state index in [0.717, 1.165) is 17.5 Å². The average molecular weight is 372 g/mol. The number of hydrogen-bond donors (Lipinski definition) is 0. The number of rotatable bonds is 4. The third-order valence-electron chi connectivity index (χ3n) is 4.52. The predicted molar refractivity (Wildman–Crippen MR) is 99.5 cm³/mol. The van der Waals surface area contributed by atoms with Crippen LogP contribution in [-0.2, 0) is 10.0 Å². The molecule has 136 valence electrons.